The van der Waals surface area contributed by atoms with E-state index in [1.807, 2.05) is 13.1 Å². The number of nitrogens with zero attached hydrogens (tertiary/aromatic N) is 1. The van der Waals surface area contributed by atoms with Crippen LogP contribution in [-0.2, 0) is 19.5 Å². The van der Waals surface area contributed by atoms with Crippen molar-refractivity contribution in [2.24, 2.45) is 0 Å². The van der Waals surface area contributed by atoms with Gasteiger partial charge in [0.05, 0.1) is 5.02 Å². The fourth-order valence-electron chi connectivity index (χ4n) is 2.79. The quantitative estimate of drug-likeness (QED) is 0.908. The smallest absolute Gasteiger partial charge is 0.251 e. The second-order valence-corrected chi connectivity index (χ2v) is 5.97. The van der Waals surface area contributed by atoms with Gasteiger partial charge in [0.25, 0.3) is 5.91 Å². The lowest BCUT2D eigenvalue weighted by atomic mass is 9.96. The van der Waals surface area contributed by atoms with Crippen molar-refractivity contribution in [2.75, 3.05) is 6.54 Å². The molecule has 2 aromatic rings. The van der Waals surface area contributed by atoms with E-state index in [9.17, 15) is 9.18 Å². The van der Waals surface area contributed by atoms with Gasteiger partial charge in [0.15, 0.2) is 0 Å². The molecule has 1 aromatic carbocycles. The fraction of sp³-hybridized carbons (Fsp3) is 0.294. The van der Waals surface area contributed by atoms with Crippen molar-refractivity contribution in [1.29, 1.82) is 0 Å². The number of carbonyl (C=O) groups excluding carboxylic acids is 1. The van der Waals surface area contributed by atoms with Gasteiger partial charge in [0.2, 0.25) is 0 Å². The first-order valence-electron chi connectivity index (χ1n) is 7.46. The van der Waals surface area contributed by atoms with Crippen molar-refractivity contribution in [3.63, 3.8) is 0 Å². The van der Waals surface area contributed by atoms with Crippen LogP contribution in [-0.4, -0.2) is 17.4 Å². The largest absolute Gasteiger partial charge is 0.348 e. The molecule has 3 rings (SSSR count). The van der Waals surface area contributed by atoms with Gasteiger partial charge in [-0.15, -0.1) is 0 Å². The van der Waals surface area contributed by atoms with E-state index in [-0.39, 0.29) is 10.9 Å². The summed E-state index contributed by atoms with van der Waals surface area (Å²) in [6, 6.07) is 3.95. The van der Waals surface area contributed by atoms with Crippen LogP contribution in [0.4, 0.5) is 4.39 Å². The number of fused-ring (bicyclic) bond motifs is 1. The summed E-state index contributed by atoms with van der Waals surface area (Å²) in [6.07, 6.45) is 2.81. The molecule has 0 aliphatic carbocycles. The molecule has 0 saturated carbocycles. The van der Waals surface area contributed by atoms with E-state index in [0.29, 0.717) is 12.1 Å². The number of amides is 1. The zero-order valence-corrected chi connectivity index (χ0v) is 13.5. The Hall–Kier alpha value is -1.98. The maximum absolute atomic E-state index is 13.2. The molecule has 0 bridgehead atoms. The fourth-order valence-corrected chi connectivity index (χ4v) is 2.97. The Labute approximate surface area is 139 Å². The second-order valence-electron chi connectivity index (χ2n) is 5.56. The molecule has 6 heteroatoms. The van der Waals surface area contributed by atoms with Crippen LogP contribution >= 0.6 is 11.6 Å². The zero-order chi connectivity index (χ0) is 16.4. The van der Waals surface area contributed by atoms with Crippen molar-refractivity contribution in [3.8, 4) is 0 Å². The number of benzene rings is 1. The number of nitrogens with one attached hydrogen (secondary N) is 2. The molecule has 1 aliphatic rings. The van der Waals surface area contributed by atoms with E-state index in [1.54, 1.807) is 0 Å². The Kier molecular flexibility index (Phi) is 4.59. The zero-order valence-electron chi connectivity index (χ0n) is 12.7. The molecule has 0 saturated heterocycles. The molecule has 4 nitrogen and oxygen atoms in total. The summed E-state index contributed by atoms with van der Waals surface area (Å²) in [5, 5.41) is 6.13. The highest BCUT2D eigenvalue weighted by atomic mass is 35.5. The standard InChI is InChI=1S/C17H17ClFN3O/c1-10-14(13-4-5-20-7-12(13)8-21-10)9-22-17(23)11-2-3-16(19)15(18)6-11/h2-3,6,8,20H,4-5,7,9H2,1H3,(H,22,23). The lowest BCUT2D eigenvalue weighted by Crippen LogP contribution is -2.28. The summed E-state index contributed by atoms with van der Waals surface area (Å²) in [4.78, 5) is 16.6. The van der Waals surface area contributed by atoms with Crippen molar-refractivity contribution >= 4 is 17.5 Å². The number of hydrogen-bond acceptors (Lipinski definition) is 3. The monoisotopic (exact) mass is 333 g/mol. The van der Waals surface area contributed by atoms with Gasteiger partial charge in [0.1, 0.15) is 5.82 Å². The third-order valence-electron chi connectivity index (χ3n) is 4.08. The van der Waals surface area contributed by atoms with E-state index < -0.39 is 5.82 Å². The highest BCUT2D eigenvalue weighted by Gasteiger charge is 2.16. The highest BCUT2D eigenvalue weighted by molar-refractivity contribution is 6.31. The van der Waals surface area contributed by atoms with Crippen molar-refractivity contribution < 1.29 is 9.18 Å². The SMILES string of the molecule is Cc1ncc2c(c1CNC(=O)c1ccc(F)c(Cl)c1)CCNC2. The molecule has 0 atom stereocenters. The summed E-state index contributed by atoms with van der Waals surface area (Å²) in [7, 11) is 0. The van der Waals surface area contributed by atoms with Crippen LogP contribution < -0.4 is 10.6 Å². The Balaban J connectivity index is 1.78. The summed E-state index contributed by atoms with van der Waals surface area (Å²) >= 11 is 5.72. The number of pyridine rings is 1. The molecule has 2 N–H and O–H groups in total. The van der Waals surface area contributed by atoms with Crippen molar-refractivity contribution in [3.05, 3.63) is 63.2 Å². The minimum atomic E-state index is -0.534. The van der Waals surface area contributed by atoms with Gasteiger partial charge in [0, 0.05) is 30.5 Å². The number of aryl methyl sites for hydroxylation is 1. The second kappa shape index (κ2) is 6.64. The molecule has 1 amide bonds. The Bertz CT molecular complexity index is 764. The van der Waals surface area contributed by atoms with Crippen LogP contribution in [0.3, 0.4) is 0 Å². The van der Waals surface area contributed by atoms with E-state index in [0.717, 1.165) is 30.8 Å². The van der Waals surface area contributed by atoms with Gasteiger partial charge in [-0.05, 0) is 54.8 Å². The molecule has 0 radical (unpaired) electrons. The molecule has 0 fully saturated rings. The van der Waals surface area contributed by atoms with Crippen molar-refractivity contribution in [2.45, 2.75) is 26.4 Å². The number of carbonyl (C=O) groups is 1. The summed E-state index contributed by atoms with van der Waals surface area (Å²) in [6.45, 7) is 4.07. The molecule has 0 unspecified atom stereocenters. The van der Waals surface area contributed by atoms with E-state index in [1.165, 1.54) is 29.3 Å². The Morgan fingerprint density at radius 1 is 1.48 bits per heavy atom. The minimum Gasteiger partial charge on any atom is -0.348 e. The van der Waals surface area contributed by atoms with Crippen LogP contribution in [0.2, 0.25) is 5.02 Å². The first-order chi connectivity index (χ1) is 11.1. The van der Waals surface area contributed by atoms with Gasteiger partial charge >= 0.3 is 0 Å². The minimum absolute atomic E-state index is 0.0568. The molecular weight excluding hydrogens is 317 g/mol. The molecule has 2 heterocycles. The third-order valence-corrected chi connectivity index (χ3v) is 4.37. The summed E-state index contributed by atoms with van der Waals surface area (Å²) < 4.78 is 13.2. The average Bonchev–Trinajstić information content (AvgIpc) is 2.56. The molecule has 23 heavy (non-hydrogen) atoms. The lowest BCUT2D eigenvalue weighted by molar-refractivity contribution is 0.0950. The number of rotatable bonds is 3. The molecule has 120 valence electrons. The van der Waals surface area contributed by atoms with Crippen LogP contribution in [0.5, 0.6) is 0 Å². The maximum Gasteiger partial charge on any atom is 0.251 e. The van der Waals surface area contributed by atoms with Crippen LogP contribution in [0.1, 0.15) is 32.7 Å². The van der Waals surface area contributed by atoms with Gasteiger partial charge in [-0.1, -0.05) is 11.6 Å². The van der Waals surface area contributed by atoms with Crippen LogP contribution in [0, 0.1) is 12.7 Å². The lowest BCUT2D eigenvalue weighted by Gasteiger charge is -2.21. The predicted molar refractivity (Wildman–Crippen MR) is 87.0 cm³/mol. The van der Waals surface area contributed by atoms with E-state index in [4.69, 9.17) is 11.6 Å². The van der Waals surface area contributed by atoms with E-state index >= 15 is 0 Å². The number of aromatic nitrogens is 1. The Morgan fingerprint density at radius 2 is 2.30 bits per heavy atom. The van der Waals surface area contributed by atoms with Crippen LogP contribution in [0.15, 0.2) is 24.4 Å². The summed E-state index contributed by atoms with van der Waals surface area (Å²) in [5.41, 5.74) is 4.76. The summed E-state index contributed by atoms with van der Waals surface area (Å²) in [5.74, 6) is -0.814. The van der Waals surface area contributed by atoms with Gasteiger partial charge in [-0.25, -0.2) is 4.39 Å². The normalized spacial score (nSPS) is 13.5. The average molecular weight is 334 g/mol. The molecule has 0 spiro atoms. The van der Waals surface area contributed by atoms with E-state index in [2.05, 4.69) is 15.6 Å². The molecular formula is C17H17ClFN3O. The van der Waals surface area contributed by atoms with Gasteiger partial charge < -0.3 is 10.6 Å². The van der Waals surface area contributed by atoms with Gasteiger partial charge in [-0.2, -0.15) is 0 Å². The molecule has 1 aliphatic heterocycles. The Morgan fingerprint density at radius 3 is 3.09 bits per heavy atom. The molecule has 1 aromatic heterocycles. The maximum atomic E-state index is 13.2. The first kappa shape index (κ1) is 15.9. The highest BCUT2D eigenvalue weighted by Crippen LogP contribution is 2.21. The predicted octanol–water partition coefficient (Wildman–Crippen LogP) is 2.76. The number of halogens is 2. The van der Waals surface area contributed by atoms with Gasteiger partial charge in [-0.3, -0.25) is 9.78 Å². The number of hydrogen-bond donors (Lipinski definition) is 2. The van der Waals surface area contributed by atoms with Crippen LogP contribution in [0.25, 0.3) is 0 Å². The van der Waals surface area contributed by atoms with Crippen molar-refractivity contribution in [1.82, 2.24) is 15.6 Å². The first-order valence-corrected chi connectivity index (χ1v) is 7.84. The third kappa shape index (κ3) is 3.35. The topological polar surface area (TPSA) is 54.0 Å².